The van der Waals surface area contributed by atoms with Gasteiger partial charge in [-0.05, 0) is 31.2 Å². The molecule has 0 fully saturated rings. The van der Waals surface area contributed by atoms with Gasteiger partial charge in [0.2, 0.25) is 0 Å². The van der Waals surface area contributed by atoms with E-state index in [0.717, 1.165) is 27.1 Å². The molecule has 3 nitrogen and oxygen atoms in total. The fraction of sp³-hybridized carbons (Fsp3) is 0.133. The first-order valence-corrected chi connectivity index (χ1v) is 6.93. The van der Waals surface area contributed by atoms with Crippen LogP contribution in [0, 0.1) is 0 Å². The number of rotatable bonds is 3. The highest BCUT2D eigenvalue weighted by Crippen LogP contribution is 2.26. The summed E-state index contributed by atoms with van der Waals surface area (Å²) in [5.41, 5.74) is 2.87. The van der Waals surface area contributed by atoms with Gasteiger partial charge in [0.05, 0.1) is 12.3 Å². The molecule has 3 rings (SSSR count). The van der Waals surface area contributed by atoms with Gasteiger partial charge in [0.15, 0.2) is 11.4 Å². The largest absolute Gasteiger partial charge is 0.490 e. The Hall–Kier alpha value is -1.81. The van der Waals surface area contributed by atoms with E-state index in [1.165, 1.54) is 0 Å². The molecule has 4 heteroatoms. The molecule has 0 aliphatic carbocycles. The van der Waals surface area contributed by atoms with Crippen molar-refractivity contribution in [3.63, 3.8) is 0 Å². The maximum atomic E-state index is 5.60. The van der Waals surface area contributed by atoms with E-state index in [2.05, 4.69) is 27.0 Å². The molecule has 2 heterocycles. The second kappa shape index (κ2) is 5.05. The number of nitrogens with zero attached hydrogens (tertiary/aromatic N) is 2. The van der Waals surface area contributed by atoms with E-state index in [0.29, 0.717) is 6.61 Å². The van der Waals surface area contributed by atoms with E-state index in [9.17, 15) is 0 Å². The molecule has 0 aliphatic heterocycles. The quantitative estimate of drug-likeness (QED) is 0.725. The third-order valence-corrected chi connectivity index (χ3v) is 3.36. The van der Waals surface area contributed by atoms with Gasteiger partial charge < -0.3 is 9.14 Å². The van der Waals surface area contributed by atoms with Crippen molar-refractivity contribution in [3.8, 4) is 17.0 Å². The summed E-state index contributed by atoms with van der Waals surface area (Å²) >= 11 is 3.48. The molecular weight excluding hydrogens is 304 g/mol. The van der Waals surface area contributed by atoms with Crippen molar-refractivity contribution in [3.05, 3.63) is 53.3 Å². The lowest BCUT2D eigenvalue weighted by Gasteiger charge is -2.03. The van der Waals surface area contributed by atoms with Crippen LogP contribution in [0.5, 0.6) is 5.75 Å². The van der Waals surface area contributed by atoms with Gasteiger partial charge in [-0.1, -0.05) is 28.1 Å². The molecule has 3 aromatic rings. The zero-order valence-corrected chi connectivity index (χ0v) is 12.1. The van der Waals surface area contributed by atoms with Gasteiger partial charge in [0, 0.05) is 22.4 Å². The van der Waals surface area contributed by atoms with E-state index >= 15 is 0 Å². The molecule has 0 spiro atoms. The predicted octanol–water partition coefficient (Wildman–Crippen LogP) is 4.16. The van der Waals surface area contributed by atoms with Crippen molar-refractivity contribution in [2.45, 2.75) is 6.92 Å². The minimum Gasteiger partial charge on any atom is -0.490 e. The summed E-state index contributed by atoms with van der Waals surface area (Å²) < 4.78 is 8.64. The maximum Gasteiger partial charge on any atom is 0.180 e. The van der Waals surface area contributed by atoms with E-state index < -0.39 is 0 Å². The molecule has 0 unspecified atom stereocenters. The second-order valence-corrected chi connectivity index (χ2v) is 5.09. The number of hydrogen-bond donors (Lipinski definition) is 0. The lowest BCUT2D eigenvalue weighted by molar-refractivity contribution is 0.342. The first-order chi connectivity index (χ1) is 9.28. The molecule has 0 saturated carbocycles. The maximum absolute atomic E-state index is 5.60. The first kappa shape index (κ1) is 12.2. The third-order valence-electron chi connectivity index (χ3n) is 2.87. The highest BCUT2D eigenvalue weighted by Gasteiger charge is 2.08. The molecule has 0 aliphatic rings. The summed E-state index contributed by atoms with van der Waals surface area (Å²) in [6.07, 6.45) is 3.99. The first-order valence-electron chi connectivity index (χ1n) is 6.14. The molecule has 0 saturated heterocycles. The molecule has 2 aromatic heterocycles. The Balaban J connectivity index is 2.14. The number of pyridine rings is 1. The Morgan fingerprint density at radius 3 is 2.95 bits per heavy atom. The molecule has 0 atom stereocenters. The van der Waals surface area contributed by atoms with Crippen LogP contribution < -0.4 is 4.74 Å². The molecule has 0 radical (unpaired) electrons. The van der Waals surface area contributed by atoms with Crippen LogP contribution in [0.25, 0.3) is 16.9 Å². The van der Waals surface area contributed by atoms with Crippen LogP contribution in [0.2, 0.25) is 0 Å². The summed E-state index contributed by atoms with van der Waals surface area (Å²) in [4.78, 5) is 4.66. The summed E-state index contributed by atoms with van der Waals surface area (Å²) in [6.45, 7) is 2.61. The number of ether oxygens (including phenoxy) is 1. The SMILES string of the molecule is CCOc1cccn2cc(-c3cccc(Br)c3)nc12. The minimum absolute atomic E-state index is 0.638. The Morgan fingerprint density at radius 1 is 1.26 bits per heavy atom. The molecule has 96 valence electrons. The molecule has 0 N–H and O–H groups in total. The number of hydrogen-bond acceptors (Lipinski definition) is 2. The van der Waals surface area contributed by atoms with Crippen molar-refractivity contribution in [2.75, 3.05) is 6.61 Å². The Kier molecular flexibility index (Phi) is 3.25. The minimum atomic E-state index is 0.638. The summed E-state index contributed by atoms with van der Waals surface area (Å²) in [5, 5.41) is 0. The number of fused-ring (bicyclic) bond motifs is 1. The molecular formula is C15H13BrN2O. The van der Waals surface area contributed by atoms with Crippen molar-refractivity contribution >= 4 is 21.6 Å². The van der Waals surface area contributed by atoms with Crippen molar-refractivity contribution in [1.82, 2.24) is 9.38 Å². The molecule has 1 aromatic carbocycles. The average molecular weight is 317 g/mol. The molecule has 19 heavy (non-hydrogen) atoms. The van der Waals surface area contributed by atoms with Crippen LogP contribution in [0.3, 0.4) is 0 Å². The highest BCUT2D eigenvalue weighted by molar-refractivity contribution is 9.10. The van der Waals surface area contributed by atoms with Gasteiger partial charge in [-0.25, -0.2) is 4.98 Å². The Morgan fingerprint density at radius 2 is 2.16 bits per heavy atom. The van der Waals surface area contributed by atoms with Crippen LogP contribution in [-0.2, 0) is 0 Å². The van der Waals surface area contributed by atoms with Crippen molar-refractivity contribution in [2.24, 2.45) is 0 Å². The monoisotopic (exact) mass is 316 g/mol. The number of imidazole rings is 1. The Bertz CT molecular complexity index is 721. The Labute approximate surface area is 120 Å². The van der Waals surface area contributed by atoms with Gasteiger partial charge in [-0.3, -0.25) is 0 Å². The smallest absolute Gasteiger partial charge is 0.180 e. The molecule has 0 amide bonds. The standard InChI is InChI=1S/C15H13BrN2O/c1-2-19-14-7-4-8-18-10-13(17-15(14)18)11-5-3-6-12(16)9-11/h3-10H,2H2,1H3. The van der Waals surface area contributed by atoms with Crippen LogP contribution in [0.1, 0.15) is 6.92 Å². The lowest BCUT2D eigenvalue weighted by atomic mass is 10.2. The van der Waals surface area contributed by atoms with Gasteiger partial charge in [-0.15, -0.1) is 0 Å². The van der Waals surface area contributed by atoms with Crippen molar-refractivity contribution < 1.29 is 4.74 Å². The summed E-state index contributed by atoms with van der Waals surface area (Å²) in [6, 6.07) is 12.0. The molecule has 0 bridgehead atoms. The lowest BCUT2D eigenvalue weighted by Crippen LogP contribution is -1.94. The average Bonchev–Trinajstić information content (AvgIpc) is 2.84. The summed E-state index contributed by atoms with van der Waals surface area (Å²) in [7, 11) is 0. The van der Waals surface area contributed by atoms with E-state index in [1.54, 1.807) is 0 Å². The zero-order valence-electron chi connectivity index (χ0n) is 10.5. The van der Waals surface area contributed by atoms with Crippen molar-refractivity contribution in [1.29, 1.82) is 0 Å². The fourth-order valence-electron chi connectivity index (χ4n) is 2.04. The van der Waals surface area contributed by atoms with E-state index in [4.69, 9.17) is 4.74 Å². The van der Waals surface area contributed by atoms with Crippen LogP contribution in [0.4, 0.5) is 0 Å². The summed E-state index contributed by atoms with van der Waals surface area (Å²) in [5.74, 6) is 0.811. The van der Waals surface area contributed by atoms with E-state index in [-0.39, 0.29) is 0 Å². The van der Waals surface area contributed by atoms with Gasteiger partial charge in [0.1, 0.15) is 0 Å². The normalized spacial score (nSPS) is 10.8. The van der Waals surface area contributed by atoms with Gasteiger partial charge in [0.25, 0.3) is 0 Å². The second-order valence-electron chi connectivity index (χ2n) is 4.17. The number of benzene rings is 1. The van der Waals surface area contributed by atoms with Gasteiger partial charge in [-0.2, -0.15) is 0 Å². The fourth-order valence-corrected chi connectivity index (χ4v) is 2.44. The topological polar surface area (TPSA) is 26.5 Å². The zero-order chi connectivity index (χ0) is 13.2. The van der Waals surface area contributed by atoms with E-state index in [1.807, 2.05) is 54.0 Å². The van der Waals surface area contributed by atoms with Crippen LogP contribution >= 0.6 is 15.9 Å². The predicted molar refractivity (Wildman–Crippen MR) is 79.5 cm³/mol. The van der Waals surface area contributed by atoms with Crippen LogP contribution in [-0.4, -0.2) is 16.0 Å². The third kappa shape index (κ3) is 2.36. The highest BCUT2D eigenvalue weighted by atomic mass is 79.9. The number of halogens is 1. The van der Waals surface area contributed by atoms with Gasteiger partial charge >= 0.3 is 0 Å². The number of aromatic nitrogens is 2. The van der Waals surface area contributed by atoms with Crippen LogP contribution in [0.15, 0.2) is 53.3 Å².